The zero-order valence-electron chi connectivity index (χ0n) is 7.85. The van der Waals surface area contributed by atoms with Gasteiger partial charge in [-0.1, -0.05) is 36.9 Å². The van der Waals surface area contributed by atoms with Crippen molar-refractivity contribution in [1.82, 2.24) is 5.01 Å². The largest absolute Gasteiger partial charge is 0.274 e. The van der Waals surface area contributed by atoms with E-state index in [2.05, 4.69) is 11.7 Å². The Labute approximate surface area is 79.2 Å². The highest BCUT2D eigenvalue weighted by atomic mass is 15.4. The fourth-order valence-electron chi connectivity index (χ4n) is 0.938. The van der Waals surface area contributed by atoms with Gasteiger partial charge in [0, 0.05) is 12.7 Å². The van der Waals surface area contributed by atoms with Crippen molar-refractivity contribution in [3.63, 3.8) is 0 Å². The molecule has 0 atom stereocenters. The predicted molar refractivity (Wildman–Crippen MR) is 56.6 cm³/mol. The van der Waals surface area contributed by atoms with Crippen molar-refractivity contribution in [1.29, 1.82) is 0 Å². The van der Waals surface area contributed by atoms with Gasteiger partial charge in [0.05, 0.1) is 6.21 Å². The molecule has 0 saturated carbocycles. The van der Waals surface area contributed by atoms with Crippen LogP contribution in [0.5, 0.6) is 0 Å². The van der Waals surface area contributed by atoms with Crippen LogP contribution in [0.1, 0.15) is 12.5 Å². The van der Waals surface area contributed by atoms with E-state index in [4.69, 9.17) is 0 Å². The van der Waals surface area contributed by atoms with E-state index in [-0.39, 0.29) is 0 Å². The molecule has 0 amide bonds. The van der Waals surface area contributed by atoms with Crippen molar-refractivity contribution in [2.75, 3.05) is 6.54 Å². The minimum Gasteiger partial charge on any atom is -0.274 e. The summed E-state index contributed by atoms with van der Waals surface area (Å²) in [5.74, 6) is 0. The summed E-state index contributed by atoms with van der Waals surface area (Å²) in [6.07, 6.45) is 3.53. The second-order valence-corrected chi connectivity index (χ2v) is 2.59. The van der Waals surface area contributed by atoms with Crippen molar-refractivity contribution in [3.05, 3.63) is 48.7 Å². The summed E-state index contributed by atoms with van der Waals surface area (Å²) in [5, 5.41) is 6.01. The number of hydrogen-bond acceptors (Lipinski definition) is 2. The van der Waals surface area contributed by atoms with E-state index in [9.17, 15) is 0 Å². The van der Waals surface area contributed by atoms with Gasteiger partial charge in [-0.3, -0.25) is 5.01 Å². The lowest BCUT2D eigenvalue weighted by Gasteiger charge is -2.08. The lowest BCUT2D eigenvalue weighted by Crippen LogP contribution is -2.07. The molecule has 0 spiro atoms. The second-order valence-electron chi connectivity index (χ2n) is 2.59. The average Bonchev–Trinajstić information content (AvgIpc) is 2.21. The van der Waals surface area contributed by atoms with Gasteiger partial charge in [0.15, 0.2) is 0 Å². The molecule has 0 bridgehead atoms. The Balaban J connectivity index is 2.62. The maximum Gasteiger partial charge on any atom is 0.0546 e. The zero-order valence-corrected chi connectivity index (χ0v) is 7.85. The van der Waals surface area contributed by atoms with E-state index in [1.807, 2.05) is 43.5 Å². The SMILES string of the molecule is C=CN(CC)N=Cc1ccccc1. The molecule has 68 valence electrons. The summed E-state index contributed by atoms with van der Waals surface area (Å²) in [6, 6.07) is 10.0. The lowest BCUT2D eigenvalue weighted by molar-refractivity contribution is 0.426. The zero-order chi connectivity index (χ0) is 9.52. The number of hydrazone groups is 1. The molecule has 1 rings (SSSR count). The summed E-state index contributed by atoms with van der Waals surface area (Å²) in [4.78, 5) is 0. The van der Waals surface area contributed by atoms with Crippen LogP contribution < -0.4 is 0 Å². The standard InChI is InChI=1S/C11H14N2/c1-3-13(4-2)12-10-11-8-6-5-7-9-11/h3,5-10H,1,4H2,2H3. The Hall–Kier alpha value is -1.57. The van der Waals surface area contributed by atoms with E-state index in [0.29, 0.717) is 0 Å². The average molecular weight is 174 g/mol. The van der Waals surface area contributed by atoms with Crippen LogP contribution in [0.2, 0.25) is 0 Å². The summed E-state index contributed by atoms with van der Waals surface area (Å²) in [7, 11) is 0. The Kier molecular flexibility index (Phi) is 3.76. The number of benzene rings is 1. The van der Waals surface area contributed by atoms with Gasteiger partial charge in [-0.25, -0.2) is 0 Å². The van der Waals surface area contributed by atoms with Gasteiger partial charge in [-0.2, -0.15) is 5.10 Å². The quantitative estimate of drug-likeness (QED) is 0.506. The highest BCUT2D eigenvalue weighted by Crippen LogP contribution is 1.95. The Morgan fingerprint density at radius 1 is 1.38 bits per heavy atom. The van der Waals surface area contributed by atoms with Crippen LogP contribution in [0, 0.1) is 0 Å². The van der Waals surface area contributed by atoms with Crippen LogP contribution in [0.25, 0.3) is 0 Å². The normalized spacial score (nSPS) is 10.2. The monoisotopic (exact) mass is 174 g/mol. The fourth-order valence-corrected chi connectivity index (χ4v) is 0.938. The van der Waals surface area contributed by atoms with Crippen LogP contribution in [-0.4, -0.2) is 17.8 Å². The van der Waals surface area contributed by atoms with E-state index < -0.39 is 0 Å². The van der Waals surface area contributed by atoms with Gasteiger partial charge < -0.3 is 0 Å². The lowest BCUT2D eigenvalue weighted by atomic mass is 10.2. The molecule has 0 aromatic heterocycles. The van der Waals surface area contributed by atoms with E-state index in [0.717, 1.165) is 12.1 Å². The molecule has 2 heteroatoms. The first-order chi connectivity index (χ1) is 6.36. The van der Waals surface area contributed by atoms with E-state index in [1.165, 1.54) is 0 Å². The smallest absolute Gasteiger partial charge is 0.0546 e. The molecule has 1 aromatic rings. The van der Waals surface area contributed by atoms with Crippen molar-refractivity contribution < 1.29 is 0 Å². The van der Waals surface area contributed by atoms with Crippen LogP contribution >= 0.6 is 0 Å². The Morgan fingerprint density at radius 2 is 2.08 bits per heavy atom. The first kappa shape index (κ1) is 9.52. The molecule has 13 heavy (non-hydrogen) atoms. The highest BCUT2D eigenvalue weighted by Gasteiger charge is 1.87. The first-order valence-electron chi connectivity index (χ1n) is 4.35. The van der Waals surface area contributed by atoms with Gasteiger partial charge in [0.1, 0.15) is 0 Å². The Morgan fingerprint density at radius 3 is 2.62 bits per heavy atom. The molecule has 0 aliphatic heterocycles. The molecule has 0 radical (unpaired) electrons. The van der Waals surface area contributed by atoms with Crippen molar-refractivity contribution in [2.24, 2.45) is 5.10 Å². The van der Waals surface area contributed by atoms with Crippen LogP contribution in [0.3, 0.4) is 0 Å². The van der Waals surface area contributed by atoms with Gasteiger partial charge in [-0.15, -0.1) is 0 Å². The van der Waals surface area contributed by atoms with Gasteiger partial charge in [0.2, 0.25) is 0 Å². The molecular weight excluding hydrogens is 160 g/mol. The molecule has 0 heterocycles. The summed E-state index contributed by atoms with van der Waals surface area (Å²) in [6.45, 7) is 6.53. The number of nitrogens with zero attached hydrogens (tertiary/aromatic N) is 2. The minimum absolute atomic E-state index is 0.840. The molecule has 0 aliphatic carbocycles. The third-order valence-corrected chi connectivity index (χ3v) is 1.69. The van der Waals surface area contributed by atoms with Crippen molar-refractivity contribution in [3.8, 4) is 0 Å². The topological polar surface area (TPSA) is 15.6 Å². The molecule has 1 aromatic carbocycles. The minimum atomic E-state index is 0.840. The molecule has 0 saturated heterocycles. The summed E-state index contributed by atoms with van der Waals surface area (Å²) >= 11 is 0. The fraction of sp³-hybridized carbons (Fsp3) is 0.182. The third-order valence-electron chi connectivity index (χ3n) is 1.69. The van der Waals surface area contributed by atoms with Crippen molar-refractivity contribution in [2.45, 2.75) is 6.92 Å². The number of rotatable bonds is 4. The number of hydrogen-bond donors (Lipinski definition) is 0. The molecule has 0 fully saturated rings. The maximum atomic E-state index is 4.22. The van der Waals surface area contributed by atoms with Crippen LogP contribution in [0.4, 0.5) is 0 Å². The predicted octanol–water partition coefficient (Wildman–Crippen LogP) is 2.49. The molecule has 0 aliphatic rings. The Bertz CT molecular complexity index is 277. The van der Waals surface area contributed by atoms with Crippen molar-refractivity contribution >= 4 is 6.21 Å². The first-order valence-corrected chi connectivity index (χ1v) is 4.35. The molecule has 0 N–H and O–H groups in total. The van der Waals surface area contributed by atoms with Gasteiger partial charge in [-0.05, 0) is 12.5 Å². The highest BCUT2D eigenvalue weighted by molar-refractivity contribution is 5.79. The van der Waals surface area contributed by atoms with Crippen LogP contribution in [-0.2, 0) is 0 Å². The summed E-state index contributed by atoms with van der Waals surface area (Å²) < 4.78 is 0. The van der Waals surface area contributed by atoms with Gasteiger partial charge in [0.25, 0.3) is 0 Å². The summed E-state index contributed by atoms with van der Waals surface area (Å²) in [5.41, 5.74) is 1.10. The maximum absolute atomic E-state index is 4.22. The van der Waals surface area contributed by atoms with E-state index in [1.54, 1.807) is 11.2 Å². The van der Waals surface area contributed by atoms with Crippen LogP contribution in [0.15, 0.2) is 48.2 Å². The molecule has 0 unspecified atom stereocenters. The van der Waals surface area contributed by atoms with E-state index >= 15 is 0 Å². The second kappa shape index (κ2) is 5.14. The third kappa shape index (κ3) is 3.11. The molecular formula is C11H14N2. The molecule has 2 nitrogen and oxygen atoms in total. The van der Waals surface area contributed by atoms with Gasteiger partial charge >= 0.3 is 0 Å².